The predicted molar refractivity (Wildman–Crippen MR) is 50.5 cm³/mol. The fraction of sp³-hybridized carbons (Fsp3) is 0.400. The van der Waals surface area contributed by atoms with E-state index in [0.29, 0.717) is 6.42 Å². The van der Waals surface area contributed by atoms with Crippen molar-refractivity contribution in [1.82, 2.24) is 0 Å². The predicted octanol–water partition coefficient (Wildman–Crippen LogP) is 2.05. The first-order chi connectivity index (χ1) is 6.27. The Morgan fingerprint density at radius 1 is 1.38 bits per heavy atom. The largest absolute Gasteiger partial charge is 0.497 e. The molecule has 0 amide bonds. The molecular weight excluding hydrogens is 169 g/mol. The van der Waals surface area contributed by atoms with Gasteiger partial charge in [0, 0.05) is 6.04 Å². The zero-order valence-corrected chi connectivity index (χ0v) is 7.66. The van der Waals surface area contributed by atoms with Crippen LogP contribution in [0.3, 0.4) is 0 Å². The molecule has 13 heavy (non-hydrogen) atoms. The maximum absolute atomic E-state index is 12.0. The number of alkyl halides is 1. The first-order valence-electron chi connectivity index (χ1n) is 4.23. The maximum atomic E-state index is 12.0. The van der Waals surface area contributed by atoms with Crippen LogP contribution in [0.5, 0.6) is 5.75 Å². The van der Waals surface area contributed by atoms with Crippen LogP contribution in [0.2, 0.25) is 0 Å². The minimum atomic E-state index is -0.382. The minimum absolute atomic E-state index is 0.212. The minimum Gasteiger partial charge on any atom is -0.497 e. The van der Waals surface area contributed by atoms with Crippen LogP contribution < -0.4 is 10.5 Å². The molecule has 0 fully saturated rings. The SMILES string of the molecule is COc1ccc([C@H](N)CCF)cc1. The van der Waals surface area contributed by atoms with Gasteiger partial charge in [0.05, 0.1) is 13.8 Å². The summed E-state index contributed by atoms with van der Waals surface area (Å²) in [6, 6.07) is 7.16. The lowest BCUT2D eigenvalue weighted by molar-refractivity contribution is 0.414. The lowest BCUT2D eigenvalue weighted by Gasteiger charge is -2.09. The summed E-state index contributed by atoms with van der Waals surface area (Å²) in [6.07, 6.45) is 0.367. The van der Waals surface area contributed by atoms with Gasteiger partial charge in [0.1, 0.15) is 5.75 Å². The van der Waals surface area contributed by atoms with Crippen molar-refractivity contribution in [3.8, 4) is 5.75 Å². The summed E-state index contributed by atoms with van der Waals surface area (Å²) < 4.78 is 17.0. The van der Waals surface area contributed by atoms with E-state index in [0.717, 1.165) is 11.3 Å². The molecule has 1 atom stereocenters. The molecule has 1 rings (SSSR count). The smallest absolute Gasteiger partial charge is 0.118 e. The van der Waals surface area contributed by atoms with Crippen LogP contribution in [0.1, 0.15) is 18.0 Å². The highest BCUT2D eigenvalue weighted by Crippen LogP contribution is 2.17. The molecule has 0 aliphatic rings. The number of hydrogen-bond donors (Lipinski definition) is 1. The summed E-state index contributed by atoms with van der Waals surface area (Å²) in [5.41, 5.74) is 6.66. The normalized spacial score (nSPS) is 12.5. The zero-order chi connectivity index (χ0) is 9.68. The molecule has 0 saturated carbocycles. The van der Waals surface area contributed by atoms with Crippen molar-refractivity contribution in [2.24, 2.45) is 5.73 Å². The van der Waals surface area contributed by atoms with E-state index >= 15 is 0 Å². The average Bonchev–Trinajstić information content (AvgIpc) is 2.18. The second kappa shape index (κ2) is 4.82. The Morgan fingerprint density at radius 2 is 2.00 bits per heavy atom. The van der Waals surface area contributed by atoms with Crippen LogP contribution in [0.15, 0.2) is 24.3 Å². The van der Waals surface area contributed by atoms with Crippen molar-refractivity contribution in [3.05, 3.63) is 29.8 Å². The van der Waals surface area contributed by atoms with E-state index in [1.54, 1.807) is 7.11 Å². The first kappa shape index (κ1) is 9.99. The lowest BCUT2D eigenvalue weighted by atomic mass is 10.1. The van der Waals surface area contributed by atoms with Gasteiger partial charge >= 0.3 is 0 Å². The van der Waals surface area contributed by atoms with Gasteiger partial charge in [-0.25, -0.2) is 0 Å². The van der Waals surface area contributed by atoms with Gasteiger partial charge in [0.25, 0.3) is 0 Å². The highest BCUT2D eigenvalue weighted by molar-refractivity contribution is 5.28. The molecule has 3 heteroatoms. The van der Waals surface area contributed by atoms with Crippen molar-refractivity contribution in [3.63, 3.8) is 0 Å². The summed E-state index contributed by atoms with van der Waals surface area (Å²) in [5, 5.41) is 0. The number of rotatable bonds is 4. The van der Waals surface area contributed by atoms with Crippen molar-refractivity contribution < 1.29 is 9.13 Å². The average molecular weight is 183 g/mol. The quantitative estimate of drug-likeness (QED) is 0.775. The van der Waals surface area contributed by atoms with Crippen molar-refractivity contribution in [1.29, 1.82) is 0 Å². The maximum Gasteiger partial charge on any atom is 0.118 e. The molecule has 72 valence electrons. The molecule has 0 heterocycles. The third-order valence-corrected chi connectivity index (χ3v) is 1.96. The molecule has 0 bridgehead atoms. The third-order valence-electron chi connectivity index (χ3n) is 1.96. The molecule has 0 aliphatic heterocycles. The Labute approximate surface area is 77.5 Å². The van der Waals surface area contributed by atoms with Gasteiger partial charge < -0.3 is 10.5 Å². The lowest BCUT2D eigenvalue weighted by Crippen LogP contribution is -2.10. The number of nitrogens with two attached hydrogens (primary N) is 1. The number of hydrogen-bond acceptors (Lipinski definition) is 2. The van der Waals surface area contributed by atoms with Crippen molar-refractivity contribution in [2.45, 2.75) is 12.5 Å². The van der Waals surface area contributed by atoms with E-state index in [-0.39, 0.29) is 12.7 Å². The van der Waals surface area contributed by atoms with E-state index < -0.39 is 0 Å². The zero-order valence-electron chi connectivity index (χ0n) is 7.66. The van der Waals surface area contributed by atoms with Gasteiger partial charge in [-0.2, -0.15) is 0 Å². The van der Waals surface area contributed by atoms with E-state index in [9.17, 15) is 4.39 Å². The van der Waals surface area contributed by atoms with Crippen LogP contribution in [0, 0.1) is 0 Å². The Kier molecular flexibility index (Phi) is 3.71. The molecule has 1 aromatic rings. The molecule has 2 nitrogen and oxygen atoms in total. The molecule has 0 saturated heterocycles. The van der Waals surface area contributed by atoms with Gasteiger partial charge in [-0.15, -0.1) is 0 Å². The van der Waals surface area contributed by atoms with Crippen LogP contribution in [-0.2, 0) is 0 Å². The summed E-state index contributed by atoms with van der Waals surface area (Å²) in [6.45, 7) is -0.382. The van der Waals surface area contributed by atoms with Gasteiger partial charge in [0.2, 0.25) is 0 Å². The molecule has 0 aromatic heterocycles. The fourth-order valence-electron chi connectivity index (χ4n) is 1.14. The summed E-state index contributed by atoms with van der Waals surface area (Å²) in [5.74, 6) is 0.788. The van der Waals surface area contributed by atoms with Crippen LogP contribution in [-0.4, -0.2) is 13.8 Å². The van der Waals surface area contributed by atoms with Gasteiger partial charge in [-0.05, 0) is 24.1 Å². The topological polar surface area (TPSA) is 35.2 Å². The molecule has 0 spiro atoms. The first-order valence-corrected chi connectivity index (χ1v) is 4.23. The molecular formula is C10H14FNO. The number of benzene rings is 1. The van der Waals surface area contributed by atoms with E-state index in [4.69, 9.17) is 10.5 Å². The van der Waals surface area contributed by atoms with Crippen LogP contribution in [0.25, 0.3) is 0 Å². The Balaban J connectivity index is 2.67. The third kappa shape index (κ3) is 2.70. The Morgan fingerprint density at radius 3 is 2.46 bits per heavy atom. The second-order valence-electron chi connectivity index (χ2n) is 2.86. The summed E-state index contributed by atoms with van der Waals surface area (Å²) >= 11 is 0. The highest BCUT2D eigenvalue weighted by atomic mass is 19.1. The molecule has 0 aliphatic carbocycles. The van der Waals surface area contributed by atoms with E-state index in [2.05, 4.69) is 0 Å². The molecule has 0 unspecified atom stereocenters. The molecule has 2 N–H and O–H groups in total. The highest BCUT2D eigenvalue weighted by Gasteiger charge is 2.04. The van der Waals surface area contributed by atoms with Crippen LogP contribution in [0.4, 0.5) is 4.39 Å². The number of methoxy groups -OCH3 is 1. The van der Waals surface area contributed by atoms with Crippen molar-refractivity contribution in [2.75, 3.05) is 13.8 Å². The van der Waals surface area contributed by atoms with Crippen LogP contribution >= 0.6 is 0 Å². The van der Waals surface area contributed by atoms with Gasteiger partial charge in [-0.3, -0.25) is 4.39 Å². The summed E-state index contributed by atoms with van der Waals surface area (Å²) in [7, 11) is 1.61. The monoisotopic (exact) mass is 183 g/mol. The number of ether oxygens (including phenoxy) is 1. The molecule has 1 aromatic carbocycles. The van der Waals surface area contributed by atoms with Gasteiger partial charge in [0.15, 0.2) is 0 Å². The van der Waals surface area contributed by atoms with E-state index in [1.807, 2.05) is 24.3 Å². The fourth-order valence-corrected chi connectivity index (χ4v) is 1.14. The van der Waals surface area contributed by atoms with Crippen molar-refractivity contribution >= 4 is 0 Å². The van der Waals surface area contributed by atoms with Gasteiger partial charge in [-0.1, -0.05) is 12.1 Å². The standard InChI is InChI=1S/C10H14FNO/c1-13-9-4-2-8(3-5-9)10(12)6-7-11/h2-5,10H,6-7,12H2,1H3/t10-/m1/s1. The number of halogens is 1. The summed E-state index contributed by atoms with van der Waals surface area (Å²) in [4.78, 5) is 0. The van der Waals surface area contributed by atoms with E-state index in [1.165, 1.54) is 0 Å². The second-order valence-corrected chi connectivity index (χ2v) is 2.86. The molecule has 0 radical (unpaired) electrons. The Bertz CT molecular complexity index is 248. The Hall–Kier alpha value is -1.09.